The van der Waals surface area contributed by atoms with Gasteiger partial charge in [0.1, 0.15) is 5.75 Å². The summed E-state index contributed by atoms with van der Waals surface area (Å²) in [6.07, 6.45) is 2.88. The standard InChI is InChI=1S/C11H16BrNOS/c1-2-15-7-3-6-14-11-5-4-10(8-12)13-9-11/h4-5,9H,2-3,6-8H2,1H3. The molecule has 1 heterocycles. The minimum absolute atomic E-state index is 0.780. The van der Waals surface area contributed by atoms with Gasteiger partial charge in [0.05, 0.1) is 18.5 Å². The normalized spacial score (nSPS) is 10.3. The Hall–Kier alpha value is -0.220. The highest BCUT2D eigenvalue weighted by molar-refractivity contribution is 9.08. The molecular weight excluding hydrogens is 274 g/mol. The van der Waals surface area contributed by atoms with Crippen molar-refractivity contribution in [2.24, 2.45) is 0 Å². The van der Waals surface area contributed by atoms with Crippen LogP contribution in [0, 0.1) is 0 Å². The maximum absolute atomic E-state index is 5.56. The Morgan fingerprint density at radius 2 is 2.33 bits per heavy atom. The van der Waals surface area contributed by atoms with Crippen LogP contribution in [0.4, 0.5) is 0 Å². The fraction of sp³-hybridized carbons (Fsp3) is 0.545. The zero-order valence-corrected chi connectivity index (χ0v) is 11.3. The number of halogens is 1. The minimum Gasteiger partial charge on any atom is -0.492 e. The summed E-state index contributed by atoms with van der Waals surface area (Å²) in [4.78, 5) is 4.24. The zero-order valence-electron chi connectivity index (χ0n) is 8.91. The summed E-state index contributed by atoms with van der Waals surface area (Å²) in [5.41, 5.74) is 1.03. The molecule has 2 nitrogen and oxygen atoms in total. The van der Waals surface area contributed by atoms with E-state index in [9.17, 15) is 0 Å². The van der Waals surface area contributed by atoms with Gasteiger partial charge in [-0.25, -0.2) is 0 Å². The van der Waals surface area contributed by atoms with Gasteiger partial charge in [-0.1, -0.05) is 22.9 Å². The fourth-order valence-electron chi connectivity index (χ4n) is 1.07. The molecule has 0 fully saturated rings. The summed E-state index contributed by atoms with van der Waals surface area (Å²) in [6, 6.07) is 3.95. The average Bonchev–Trinajstić information content (AvgIpc) is 2.30. The molecule has 1 aromatic heterocycles. The van der Waals surface area contributed by atoms with E-state index < -0.39 is 0 Å². The van der Waals surface area contributed by atoms with E-state index in [0.29, 0.717) is 0 Å². The van der Waals surface area contributed by atoms with Crippen LogP contribution in [0.2, 0.25) is 0 Å². The molecule has 15 heavy (non-hydrogen) atoms. The molecule has 0 amide bonds. The largest absolute Gasteiger partial charge is 0.492 e. The smallest absolute Gasteiger partial charge is 0.137 e. The molecular formula is C11H16BrNOS. The summed E-state index contributed by atoms with van der Waals surface area (Å²) in [7, 11) is 0. The molecule has 0 aliphatic rings. The van der Waals surface area contributed by atoms with Gasteiger partial charge in [-0.3, -0.25) is 4.98 Å². The maximum atomic E-state index is 5.56. The highest BCUT2D eigenvalue weighted by Gasteiger charge is 1.95. The van der Waals surface area contributed by atoms with E-state index in [2.05, 4.69) is 27.8 Å². The topological polar surface area (TPSA) is 22.1 Å². The molecule has 0 spiro atoms. The van der Waals surface area contributed by atoms with Crippen molar-refractivity contribution in [3.8, 4) is 5.75 Å². The highest BCUT2D eigenvalue weighted by atomic mass is 79.9. The SMILES string of the molecule is CCSCCCOc1ccc(CBr)nc1. The van der Waals surface area contributed by atoms with Crippen molar-refractivity contribution in [1.29, 1.82) is 0 Å². The number of pyridine rings is 1. The summed E-state index contributed by atoms with van der Waals surface area (Å²) in [5.74, 6) is 3.21. The Morgan fingerprint density at radius 1 is 1.47 bits per heavy atom. The first-order chi connectivity index (χ1) is 7.36. The second-order valence-electron chi connectivity index (χ2n) is 3.02. The van der Waals surface area contributed by atoms with Crippen molar-refractivity contribution in [3.63, 3.8) is 0 Å². The van der Waals surface area contributed by atoms with Crippen LogP contribution in [0.5, 0.6) is 5.75 Å². The third-order valence-corrected chi connectivity index (χ3v) is 3.40. The second kappa shape index (κ2) is 7.99. The van der Waals surface area contributed by atoms with Gasteiger partial charge < -0.3 is 4.74 Å². The Kier molecular flexibility index (Phi) is 6.85. The number of ether oxygens (including phenoxy) is 1. The Balaban J connectivity index is 2.20. The molecule has 0 radical (unpaired) electrons. The number of hydrogen-bond donors (Lipinski definition) is 0. The van der Waals surface area contributed by atoms with Crippen molar-refractivity contribution >= 4 is 27.7 Å². The second-order valence-corrected chi connectivity index (χ2v) is 4.97. The molecule has 0 saturated heterocycles. The third kappa shape index (κ3) is 5.42. The van der Waals surface area contributed by atoms with Crippen LogP contribution in [-0.4, -0.2) is 23.1 Å². The van der Waals surface area contributed by atoms with Crippen molar-refractivity contribution in [3.05, 3.63) is 24.0 Å². The Bertz CT molecular complexity index is 266. The lowest BCUT2D eigenvalue weighted by Crippen LogP contribution is -1.99. The molecule has 84 valence electrons. The maximum Gasteiger partial charge on any atom is 0.137 e. The van der Waals surface area contributed by atoms with Gasteiger partial charge in [-0.2, -0.15) is 11.8 Å². The lowest BCUT2D eigenvalue weighted by atomic mass is 10.4. The summed E-state index contributed by atoms with van der Waals surface area (Å²) in [6.45, 7) is 2.96. The predicted molar refractivity (Wildman–Crippen MR) is 70.0 cm³/mol. The lowest BCUT2D eigenvalue weighted by Gasteiger charge is -2.05. The molecule has 0 atom stereocenters. The monoisotopic (exact) mass is 289 g/mol. The zero-order chi connectivity index (χ0) is 10.9. The van der Waals surface area contributed by atoms with Crippen molar-refractivity contribution in [1.82, 2.24) is 4.98 Å². The number of aromatic nitrogens is 1. The summed E-state index contributed by atoms with van der Waals surface area (Å²) < 4.78 is 5.56. The van der Waals surface area contributed by atoms with Crippen molar-refractivity contribution in [2.45, 2.75) is 18.7 Å². The number of thioether (sulfide) groups is 1. The fourth-order valence-corrected chi connectivity index (χ4v) is 2.01. The van der Waals surface area contributed by atoms with Gasteiger partial charge in [0.15, 0.2) is 0 Å². The van der Waals surface area contributed by atoms with Crippen LogP contribution >= 0.6 is 27.7 Å². The number of rotatable bonds is 7. The van der Waals surface area contributed by atoms with E-state index in [0.717, 1.165) is 29.8 Å². The van der Waals surface area contributed by atoms with Crippen LogP contribution in [0.15, 0.2) is 18.3 Å². The lowest BCUT2D eigenvalue weighted by molar-refractivity contribution is 0.317. The molecule has 1 rings (SSSR count). The molecule has 0 aliphatic heterocycles. The first-order valence-corrected chi connectivity index (χ1v) is 7.36. The average molecular weight is 290 g/mol. The van der Waals surface area contributed by atoms with E-state index >= 15 is 0 Å². The number of nitrogens with zero attached hydrogens (tertiary/aromatic N) is 1. The van der Waals surface area contributed by atoms with Crippen LogP contribution in [0.3, 0.4) is 0 Å². The van der Waals surface area contributed by atoms with Crippen LogP contribution in [0.1, 0.15) is 19.0 Å². The Labute approximate surface area is 104 Å². The highest BCUT2D eigenvalue weighted by Crippen LogP contribution is 2.11. The van der Waals surface area contributed by atoms with Crippen molar-refractivity contribution < 1.29 is 4.74 Å². The van der Waals surface area contributed by atoms with Crippen LogP contribution in [-0.2, 0) is 5.33 Å². The van der Waals surface area contributed by atoms with Crippen molar-refractivity contribution in [2.75, 3.05) is 18.1 Å². The molecule has 0 aliphatic carbocycles. The summed E-state index contributed by atoms with van der Waals surface area (Å²) in [5, 5.41) is 0.792. The molecule has 0 N–H and O–H groups in total. The minimum atomic E-state index is 0.780. The third-order valence-electron chi connectivity index (χ3n) is 1.84. The summed E-state index contributed by atoms with van der Waals surface area (Å²) >= 11 is 5.30. The molecule has 0 bridgehead atoms. The van der Waals surface area contributed by atoms with E-state index in [-0.39, 0.29) is 0 Å². The van der Waals surface area contributed by atoms with E-state index in [1.165, 1.54) is 11.5 Å². The van der Waals surface area contributed by atoms with Gasteiger partial charge in [0.25, 0.3) is 0 Å². The number of alkyl halides is 1. The molecule has 0 aromatic carbocycles. The van der Waals surface area contributed by atoms with Gasteiger partial charge in [-0.15, -0.1) is 0 Å². The van der Waals surface area contributed by atoms with Gasteiger partial charge >= 0.3 is 0 Å². The van der Waals surface area contributed by atoms with Gasteiger partial charge in [-0.05, 0) is 30.1 Å². The quantitative estimate of drug-likeness (QED) is 0.567. The van der Waals surface area contributed by atoms with Crippen LogP contribution in [0.25, 0.3) is 0 Å². The van der Waals surface area contributed by atoms with Gasteiger partial charge in [0, 0.05) is 5.33 Å². The molecule has 0 unspecified atom stereocenters. The van der Waals surface area contributed by atoms with Gasteiger partial charge in [0.2, 0.25) is 0 Å². The Morgan fingerprint density at radius 3 is 2.93 bits per heavy atom. The van der Waals surface area contributed by atoms with E-state index in [1.54, 1.807) is 6.20 Å². The van der Waals surface area contributed by atoms with Crippen LogP contribution < -0.4 is 4.74 Å². The molecule has 1 aromatic rings. The first-order valence-electron chi connectivity index (χ1n) is 5.08. The van der Waals surface area contributed by atoms with E-state index in [4.69, 9.17) is 4.74 Å². The van der Waals surface area contributed by atoms with E-state index in [1.807, 2.05) is 23.9 Å². The molecule has 4 heteroatoms. The first kappa shape index (κ1) is 12.8. The predicted octanol–water partition coefficient (Wildman–Crippen LogP) is 3.50. The number of hydrogen-bond acceptors (Lipinski definition) is 3. The molecule has 0 saturated carbocycles.